The Hall–Kier alpha value is -0.620. The first-order chi connectivity index (χ1) is 8.54. The highest BCUT2D eigenvalue weighted by atomic mass is 79.9. The molecule has 0 aliphatic carbocycles. The Kier molecular flexibility index (Phi) is 4.61. The number of amides is 1. The van der Waals surface area contributed by atoms with Gasteiger partial charge in [0.1, 0.15) is 0 Å². The summed E-state index contributed by atoms with van der Waals surface area (Å²) in [6.07, 6.45) is 0.951. The second-order valence-electron chi connectivity index (χ2n) is 4.46. The van der Waals surface area contributed by atoms with Crippen LogP contribution in [0.5, 0.6) is 0 Å². The lowest BCUT2D eigenvalue weighted by Crippen LogP contribution is -2.33. The molecule has 1 amide bonds. The fraction of sp³-hybridized carbons (Fsp3) is 0.417. The van der Waals surface area contributed by atoms with E-state index in [4.69, 9.17) is 17.3 Å². The highest BCUT2D eigenvalue weighted by Gasteiger charge is 2.21. The summed E-state index contributed by atoms with van der Waals surface area (Å²) in [6.45, 7) is 2.02. The zero-order valence-electron chi connectivity index (χ0n) is 9.83. The van der Waals surface area contributed by atoms with Crippen LogP contribution in [0.25, 0.3) is 0 Å². The van der Waals surface area contributed by atoms with E-state index >= 15 is 0 Å². The molecule has 4 nitrogen and oxygen atoms in total. The molecule has 1 aromatic carbocycles. The number of hydrogen-bond donors (Lipinski definition) is 2. The largest absolute Gasteiger partial charge is 0.326 e. The normalized spacial score (nSPS) is 20.1. The van der Waals surface area contributed by atoms with Gasteiger partial charge in [-0.2, -0.15) is 0 Å². The molecule has 1 atom stereocenters. The number of anilines is 1. The molecule has 0 unspecified atom stereocenters. The van der Waals surface area contributed by atoms with Crippen molar-refractivity contribution in [2.75, 3.05) is 25.0 Å². The minimum absolute atomic E-state index is 0.0617. The third-order valence-corrected chi connectivity index (χ3v) is 3.69. The van der Waals surface area contributed by atoms with Crippen molar-refractivity contribution in [2.24, 2.45) is 5.73 Å². The molecule has 0 spiro atoms. The van der Waals surface area contributed by atoms with E-state index < -0.39 is 0 Å². The number of likely N-dealkylation sites (tertiary alicyclic amines) is 1. The number of carbonyl (C=O) groups excluding carboxylic acids is 1. The average Bonchev–Trinajstić information content (AvgIpc) is 2.68. The Morgan fingerprint density at radius 1 is 1.61 bits per heavy atom. The number of benzene rings is 1. The van der Waals surface area contributed by atoms with Crippen molar-refractivity contribution in [3.8, 4) is 0 Å². The van der Waals surface area contributed by atoms with Gasteiger partial charge in [-0.05, 0) is 24.6 Å². The summed E-state index contributed by atoms with van der Waals surface area (Å²) in [5.41, 5.74) is 6.43. The van der Waals surface area contributed by atoms with Gasteiger partial charge in [-0.3, -0.25) is 9.69 Å². The summed E-state index contributed by atoms with van der Waals surface area (Å²) in [7, 11) is 0. The van der Waals surface area contributed by atoms with Crippen LogP contribution in [-0.4, -0.2) is 36.5 Å². The van der Waals surface area contributed by atoms with Crippen LogP contribution in [0.2, 0.25) is 5.02 Å². The lowest BCUT2D eigenvalue weighted by molar-refractivity contribution is -0.117. The minimum atomic E-state index is -0.0617. The van der Waals surface area contributed by atoms with E-state index in [1.807, 2.05) is 11.0 Å². The van der Waals surface area contributed by atoms with Crippen LogP contribution >= 0.6 is 27.5 Å². The molecule has 0 bridgehead atoms. The van der Waals surface area contributed by atoms with Gasteiger partial charge >= 0.3 is 0 Å². The van der Waals surface area contributed by atoms with Crippen molar-refractivity contribution in [3.05, 3.63) is 27.7 Å². The molecule has 6 heteroatoms. The zero-order chi connectivity index (χ0) is 13.1. The SMILES string of the molecule is N[C@H]1CCN(CC(=O)Nc2ccc(Br)cc2Cl)C1. The van der Waals surface area contributed by atoms with Crippen LogP contribution in [0.15, 0.2) is 22.7 Å². The second kappa shape index (κ2) is 6.02. The van der Waals surface area contributed by atoms with Crippen molar-refractivity contribution in [1.29, 1.82) is 0 Å². The van der Waals surface area contributed by atoms with Gasteiger partial charge in [-0.25, -0.2) is 0 Å². The van der Waals surface area contributed by atoms with Crippen molar-refractivity contribution < 1.29 is 4.79 Å². The molecule has 1 aliphatic heterocycles. The molecule has 1 heterocycles. The maximum Gasteiger partial charge on any atom is 0.238 e. The number of halogens is 2. The number of nitrogens with one attached hydrogen (secondary N) is 1. The van der Waals surface area contributed by atoms with Gasteiger partial charge in [0.15, 0.2) is 0 Å². The van der Waals surface area contributed by atoms with Crippen LogP contribution in [0, 0.1) is 0 Å². The first-order valence-corrected chi connectivity index (χ1v) is 6.94. The summed E-state index contributed by atoms with van der Waals surface area (Å²) >= 11 is 9.36. The molecule has 1 aromatic rings. The first kappa shape index (κ1) is 13.8. The molecular weight excluding hydrogens is 318 g/mol. The van der Waals surface area contributed by atoms with Crippen LogP contribution < -0.4 is 11.1 Å². The van der Waals surface area contributed by atoms with E-state index in [0.717, 1.165) is 24.0 Å². The fourth-order valence-corrected chi connectivity index (χ4v) is 2.71. The summed E-state index contributed by atoms with van der Waals surface area (Å²) in [4.78, 5) is 13.9. The van der Waals surface area contributed by atoms with Crippen LogP contribution in [0.1, 0.15) is 6.42 Å². The van der Waals surface area contributed by atoms with Gasteiger partial charge in [0, 0.05) is 23.6 Å². The lowest BCUT2D eigenvalue weighted by Gasteiger charge is -2.15. The van der Waals surface area contributed by atoms with Crippen molar-refractivity contribution in [3.63, 3.8) is 0 Å². The summed E-state index contributed by atoms with van der Waals surface area (Å²) in [5, 5.41) is 3.33. The highest BCUT2D eigenvalue weighted by molar-refractivity contribution is 9.10. The van der Waals surface area contributed by atoms with Crippen LogP contribution in [0.3, 0.4) is 0 Å². The monoisotopic (exact) mass is 331 g/mol. The molecule has 18 heavy (non-hydrogen) atoms. The zero-order valence-corrected chi connectivity index (χ0v) is 12.2. The van der Waals surface area contributed by atoms with Crippen molar-refractivity contribution >= 4 is 39.1 Å². The molecule has 0 radical (unpaired) electrons. The summed E-state index contributed by atoms with van der Waals surface area (Å²) in [5.74, 6) is -0.0617. The average molecular weight is 333 g/mol. The predicted molar refractivity (Wildman–Crippen MR) is 76.8 cm³/mol. The van der Waals surface area contributed by atoms with Gasteiger partial charge in [0.2, 0.25) is 5.91 Å². The maximum atomic E-state index is 11.8. The van der Waals surface area contributed by atoms with Crippen molar-refractivity contribution in [2.45, 2.75) is 12.5 Å². The topological polar surface area (TPSA) is 58.4 Å². The Morgan fingerprint density at radius 2 is 2.39 bits per heavy atom. The minimum Gasteiger partial charge on any atom is -0.326 e. The van der Waals surface area contributed by atoms with Gasteiger partial charge < -0.3 is 11.1 Å². The molecule has 98 valence electrons. The van der Waals surface area contributed by atoms with Crippen molar-refractivity contribution in [1.82, 2.24) is 4.90 Å². The Bertz CT molecular complexity index is 455. The molecule has 0 aromatic heterocycles. The van der Waals surface area contributed by atoms with Gasteiger partial charge in [0.05, 0.1) is 17.3 Å². The Labute approximate surface area is 120 Å². The second-order valence-corrected chi connectivity index (χ2v) is 5.78. The Morgan fingerprint density at radius 3 is 3.00 bits per heavy atom. The van der Waals surface area contributed by atoms with E-state index in [9.17, 15) is 4.79 Å². The smallest absolute Gasteiger partial charge is 0.238 e. The van der Waals surface area contributed by atoms with E-state index in [1.165, 1.54) is 0 Å². The maximum absolute atomic E-state index is 11.8. The van der Waals surface area contributed by atoms with E-state index in [2.05, 4.69) is 21.2 Å². The van der Waals surface area contributed by atoms with Gasteiger partial charge in [-0.15, -0.1) is 0 Å². The fourth-order valence-electron chi connectivity index (χ4n) is 1.99. The van der Waals surface area contributed by atoms with Crippen LogP contribution in [-0.2, 0) is 4.79 Å². The highest BCUT2D eigenvalue weighted by Crippen LogP contribution is 2.25. The summed E-state index contributed by atoms with van der Waals surface area (Å²) < 4.78 is 0.885. The van der Waals surface area contributed by atoms with Gasteiger partial charge in [-0.1, -0.05) is 27.5 Å². The molecule has 3 N–H and O–H groups in total. The van der Waals surface area contributed by atoms with Gasteiger partial charge in [0.25, 0.3) is 0 Å². The molecule has 1 saturated heterocycles. The molecular formula is C12H15BrClN3O. The predicted octanol–water partition coefficient (Wildman–Crippen LogP) is 2.07. The molecule has 0 saturated carbocycles. The number of rotatable bonds is 3. The molecule has 1 fully saturated rings. The van der Waals surface area contributed by atoms with Crippen LogP contribution in [0.4, 0.5) is 5.69 Å². The first-order valence-electron chi connectivity index (χ1n) is 5.77. The van der Waals surface area contributed by atoms with E-state index in [1.54, 1.807) is 12.1 Å². The molecule has 2 rings (SSSR count). The third-order valence-electron chi connectivity index (χ3n) is 2.88. The van der Waals surface area contributed by atoms with E-state index in [-0.39, 0.29) is 11.9 Å². The molecule has 1 aliphatic rings. The number of nitrogens with zero attached hydrogens (tertiary/aromatic N) is 1. The number of carbonyl (C=O) groups is 1. The Balaban J connectivity index is 1.91. The standard InChI is InChI=1S/C12H15BrClN3O/c13-8-1-2-11(10(14)5-8)16-12(18)7-17-4-3-9(15)6-17/h1-2,5,9H,3-4,6-7,15H2,(H,16,18)/t9-/m0/s1. The number of nitrogens with two attached hydrogens (primary N) is 1. The number of hydrogen-bond acceptors (Lipinski definition) is 3. The van der Waals surface area contributed by atoms with E-state index in [0.29, 0.717) is 17.3 Å². The quantitative estimate of drug-likeness (QED) is 0.891. The summed E-state index contributed by atoms with van der Waals surface area (Å²) in [6, 6.07) is 5.56. The lowest BCUT2D eigenvalue weighted by atomic mass is 10.3. The third kappa shape index (κ3) is 3.68.